The average molecular weight is 313 g/mol. The van der Waals surface area contributed by atoms with Crippen molar-refractivity contribution in [3.63, 3.8) is 0 Å². The van der Waals surface area contributed by atoms with Crippen LogP contribution in [0.2, 0.25) is 0 Å². The first-order chi connectivity index (χ1) is 11.1. The minimum Gasteiger partial charge on any atom is -0.482 e. The summed E-state index contributed by atoms with van der Waals surface area (Å²) >= 11 is 0. The summed E-state index contributed by atoms with van der Waals surface area (Å²) in [6, 6.07) is 16.5. The van der Waals surface area contributed by atoms with Crippen LogP contribution in [0.15, 0.2) is 54.6 Å². The van der Waals surface area contributed by atoms with Gasteiger partial charge in [0.05, 0.1) is 0 Å². The third kappa shape index (κ3) is 5.14. The lowest BCUT2D eigenvalue weighted by atomic mass is 10.2. The number of ether oxygens (including phenoxy) is 2. The number of amides is 1. The summed E-state index contributed by atoms with van der Waals surface area (Å²) in [5.41, 5.74) is 1.85. The molecule has 0 atom stereocenters. The number of esters is 1. The molecule has 0 bridgehead atoms. The van der Waals surface area contributed by atoms with E-state index in [9.17, 15) is 9.59 Å². The van der Waals surface area contributed by atoms with Gasteiger partial charge in [0.25, 0.3) is 5.91 Å². The summed E-state index contributed by atoms with van der Waals surface area (Å²) in [7, 11) is 1.63. The van der Waals surface area contributed by atoms with E-state index in [1.807, 2.05) is 37.3 Å². The second kappa shape index (κ2) is 7.98. The van der Waals surface area contributed by atoms with Gasteiger partial charge in [0.2, 0.25) is 0 Å². The van der Waals surface area contributed by atoms with Crippen LogP contribution < -0.4 is 9.64 Å². The van der Waals surface area contributed by atoms with Gasteiger partial charge in [0, 0.05) is 12.7 Å². The van der Waals surface area contributed by atoms with Crippen molar-refractivity contribution in [1.82, 2.24) is 0 Å². The highest BCUT2D eigenvalue weighted by atomic mass is 16.6. The molecule has 0 unspecified atom stereocenters. The third-order valence-corrected chi connectivity index (χ3v) is 3.25. The van der Waals surface area contributed by atoms with Gasteiger partial charge in [-0.05, 0) is 31.2 Å². The predicted octanol–water partition coefficient (Wildman–Crippen LogP) is 2.58. The van der Waals surface area contributed by atoms with Crippen LogP contribution in [0, 0.1) is 6.92 Å². The van der Waals surface area contributed by atoms with E-state index < -0.39 is 5.97 Å². The lowest BCUT2D eigenvalue weighted by molar-refractivity contribution is -0.149. The molecule has 2 aromatic carbocycles. The number of carbonyl (C=O) groups is 2. The largest absolute Gasteiger partial charge is 0.482 e. The van der Waals surface area contributed by atoms with Crippen molar-refractivity contribution in [2.45, 2.75) is 6.92 Å². The van der Waals surface area contributed by atoms with Crippen LogP contribution in [-0.2, 0) is 14.3 Å². The van der Waals surface area contributed by atoms with E-state index in [0.29, 0.717) is 5.75 Å². The number of rotatable bonds is 6. The van der Waals surface area contributed by atoms with E-state index in [-0.39, 0.29) is 19.1 Å². The van der Waals surface area contributed by atoms with Crippen LogP contribution >= 0.6 is 0 Å². The number of benzene rings is 2. The molecule has 0 spiro atoms. The number of carbonyl (C=O) groups excluding carboxylic acids is 2. The number of nitrogens with zero attached hydrogens (tertiary/aromatic N) is 1. The molecule has 0 fully saturated rings. The molecule has 0 aliphatic heterocycles. The normalized spacial score (nSPS) is 10.0. The highest BCUT2D eigenvalue weighted by Crippen LogP contribution is 2.12. The molecule has 23 heavy (non-hydrogen) atoms. The molecule has 0 aliphatic rings. The molecule has 120 valence electrons. The van der Waals surface area contributed by atoms with Gasteiger partial charge < -0.3 is 14.4 Å². The van der Waals surface area contributed by atoms with Crippen molar-refractivity contribution in [2.24, 2.45) is 0 Å². The molecule has 0 aliphatic carbocycles. The first-order valence-electron chi connectivity index (χ1n) is 7.23. The van der Waals surface area contributed by atoms with E-state index in [2.05, 4.69) is 0 Å². The van der Waals surface area contributed by atoms with Gasteiger partial charge >= 0.3 is 5.97 Å². The Balaban J connectivity index is 1.75. The number of aryl methyl sites for hydroxylation is 1. The van der Waals surface area contributed by atoms with Crippen LogP contribution in [0.1, 0.15) is 5.56 Å². The van der Waals surface area contributed by atoms with Crippen LogP contribution in [0.4, 0.5) is 5.69 Å². The lowest BCUT2D eigenvalue weighted by Gasteiger charge is -2.17. The Bertz CT molecular complexity index is 652. The summed E-state index contributed by atoms with van der Waals surface area (Å²) in [6.07, 6.45) is 0. The molecule has 0 saturated carbocycles. The summed E-state index contributed by atoms with van der Waals surface area (Å²) in [4.78, 5) is 25.0. The minimum atomic E-state index is -0.583. The van der Waals surface area contributed by atoms with Crippen LogP contribution in [0.25, 0.3) is 0 Å². The van der Waals surface area contributed by atoms with Crippen LogP contribution in [0.5, 0.6) is 5.75 Å². The summed E-state index contributed by atoms with van der Waals surface area (Å²) in [6.45, 7) is 1.42. The quantitative estimate of drug-likeness (QED) is 0.769. The highest BCUT2D eigenvalue weighted by molar-refractivity contribution is 5.94. The second-order valence-corrected chi connectivity index (χ2v) is 5.05. The first-order valence-corrected chi connectivity index (χ1v) is 7.23. The molecule has 0 aromatic heterocycles. The Morgan fingerprint density at radius 3 is 2.26 bits per heavy atom. The topological polar surface area (TPSA) is 55.8 Å². The Hall–Kier alpha value is -2.82. The van der Waals surface area contributed by atoms with E-state index in [0.717, 1.165) is 11.3 Å². The molecule has 2 aromatic rings. The molecule has 5 heteroatoms. The van der Waals surface area contributed by atoms with E-state index in [1.54, 1.807) is 31.3 Å². The van der Waals surface area contributed by atoms with Crippen molar-refractivity contribution in [1.29, 1.82) is 0 Å². The van der Waals surface area contributed by atoms with Crippen molar-refractivity contribution < 1.29 is 19.1 Å². The standard InChI is InChI=1S/C18H19NO4/c1-14-8-10-16(11-9-14)22-13-18(21)23-12-17(20)19(2)15-6-4-3-5-7-15/h3-11H,12-13H2,1-2H3. The molecule has 0 saturated heterocycles. The fourth-order valence-electron chi connectivity index (χ4n) is 1.85. The SMILES string of the molecule is Cc1ccc(OCC(=O)OCC(=O)N(C)c2ccccc2)cc1. The maximum absolute atomic E-state index is 12.0. The van der Waals surface area contributed by atoms with Gasteiger partial charge in [-0.1, -0.05) is 35.9 Å². The second-order valence-electron chi connectivity index (χ2n) is 5.05. The van der Waals surface area contributed by atoms with Crippen molar-refractivity contribution in [3.8, 4) is 5.75 Å². The first kappa shape index (κ1) is 16.5. The Morgan fingerprint density at radius 2 is 1.61 bits per heavy atom. The number of hydrogen-bond acceptors (Lipinski definition) is 4. The zero-order chi connectivity index (χ0) is 16.7. The maximum atomic E-state index is 12.0. The van der Waals surface area contributed by atoms with Gasteiger partial charge in [0.15, 0.2) is 13.2 Å². The van der Waals surface area contributed by atoms with Gasteiger partial charge in [-0.2, -0.15) is 0 Å². The van der Waals surface area contributed by atoms with E-state index >= 15 is 0 Å². The maximum Gasteiger partial charge on any atom is 0.344 e. The van der Waals surface area contributed by atoms with Crippen molar-refractivity contribution in [3.05, 3.63) is 60.2 Å². The van der Waals surface area contributed by atoms with Crippen molar-refractivity contribution >= 4 is 17.6 Å². The number of likely N-dealkylation sites (N-methyl/N-ethyl adjacent to an activating group) is 1. The highest BCUT2D eigenvalue weighted by Gasteiger charge is 2.13. The molecular formula is C18H19NO4. The van der Waals surface area contributed by atoms with Crippen LogP contribution in [-0.4, -0.2) is 32.1 Å². The summed E-state index contributed by atoms with van der Waals surface area (Å²) in [5.74, 6) is -0.305. The monoisotopic (exact) mass is 313 g/mol. The van der Waals surface area contributed by atoms with Gasteiger partial charge in [-0.25, -0.2) is 4.79 Å². The summed E-state index contributed by atoms with van der Waals surface area (Å²) in [5, 5.41) is 0. The van der Waals surface area contributed by atoms with Gasteiger partial charge in [-0.15, -0.1) is 0 Å². The molecule has 1 amide bonds. The van der Waals surface area contributed by atoms with E-state index in [1.165, 1.54) is 4.90 Å². The lowest BCUT2D eigenvalue weighted by Crippen LogP contribution is -2.31. The van der Waals surface area contributed by atoms with Crippen molar-refractivity contribution in [2.75, 3.05) is 25.2 Å². The average Bonchev–Trinajstić information content (AvgIpc) is 2.59. The predicted molar refractivity (Wildman–Crippen MR) is 87.5 cm³/mol. The zero-order valence-corrected chi connectivity index (χ0v) is 13.2. The Morgan fingerprint density at radius 1 is 0.957 bits per heavy atom. The molecule has 0 heterocycles. The molecule has 0 N–H and O–H groups in total. The molecular weight excluding hydrogens is 294 g/mol. The zero-order valence-electron chi connectivity index (χ0n) is 13.2. The fraction of sp³-hybridized carbons (Fsp3) is 0.222. The molecule has 0 radical (unpaired) electrons. The third-order valence-electron chi connectivity index (χ3n) is 3.25. The van der Waals surface area contributed by atoms with E-state index in [4.69, 9.17) is 9.47 Å². The van der Waals surface area contributed by atoms with Gasteiger partial charge in [-0.3, -0.25) is 4.79 Å². The van der Waals surface area contributed by atoms with Gasteiger partial charge in [0.1, 0.15) is 5.75 Å². The number of anilines is 1. The Labute approximate surface area is 135 Å². The molecule has 2 rings (SSSR count). The number of hydrogen-bond donors (Lipinski definition) is 0. The molecule has 5 nitrogen and oxygen atoms in total. The Kier molecular flexibility index (Phi) is 5.74. The summed E-state index contributed by atoms with van der Waals surface area (Å²) < 4.78 is 10.2. The number of para-hydroxylation sites is 1. The van der Waals surface area contributed by atoms with Crippen LogP contribution in [0.3, 0.4) is 0 Å². The minimum absolute atomic E-state index is 0.231. The smallest absolute Gasteiger partial charge is 0.344 e. The fourth-order valence-corrected chi connectivity index (χ4v) is 1.85.